The maximum Gasteiger partial charge on any atom is 0.337 e. The van der Waals surface area contributed by atoms with Crippen molar-refractivity contribution in [1.82, 2.24) is 0 Å². The van der Waals surface area contributed by atoms with E-state index in [-0.39, 0.29) is 29.9 Å². The maximum atomic E-state index is 11.6. The SMILES string of the molecule is CCc1cccc(CC)c1NC(N)=NCc1cccc(C(=O)OC)c1.I. The molecule has 5 nitrogen and oxygen atoms in total. The van der Waals surface area contributed by atoms with E-state index in [0.29, 0.717) is 18.1 Å². The van der Waals surface area contributed by atoms with Gasteiger partial charge in [-0.3, -0.25) is 0 Å². The van der Waals surface area contributed by atoms with Crippen LogP contribution in [-0.4, -0.2) is 19.0 Å². The zero-order chi connectivity index (χ0) is 18.2. The summed E-state index contributed by atoms with van der Waals surface area (Å²) in [6.45, 7) is 4.62. The van der Waals surface area contributed by atoms with Gasteiger partial charge in [0, 0.05) is 5.69 Å². The van der Waals surface area contributed by atoms with Gasteiger partial charge in [0.25, 0.3) is 0 Å². The summed E-state index contributed by atoms with van der Waals surface area (Å²) in [4.78, 5) is 16.0. The molecule has 26 heavy (non-hydrogen) atoms. The van der Waals surface area contributed by atoms with Crippen molar-refractivity contribution in [2.75, 3.05) is 12.4 Å². The molecule has 0 fully saturated rings. The highest BCUT2D eigenvalue weighted by Gasteiger charge is 2.08. The number of methoxy groups -OCH3 is 1. The van der Waals surface area contributed by atoms with Crippen LogP contribution in [0.3, 0.4) is 0 Å². The van der Waals surface area contributed by atoms with E-state index in [2.05, 4.69) is 42.4 Å². The monoisotopic (exact) mass is 467 g/mol. The fraction of sp³-hybridized carbons (Fsp3) is 0.300. The average molecular weight is 467 g/mol. The number of hydrogen-bond donors (Lipinski definition) is 2. The zero-order valence-electron chi connectivity index (χ0n) is 15.4. The number of halogens is 1. The third-order valence-corrected chi connectivity index (χ3v) is 4.03. The minimum absolute atomic E-state index is 0. The largest absolute Gasteiger partial charge is 0.465 e. The lowest BCUT2D eigenvalue weighted by molar-refractivity contribution is 0.0600. The number of nitrogens with one attached hydrogen (secondary N) is 1. The van der Waals surface area contributed by atoms with E-state index in [1.165, 1.54) is 18.2 Å². The van der Waals surface area contributed by atoms with E-state index in [1.54, 1.807) is 12.1 Å². The van der Waals surface area contributed by atoms with Crippen LogP contribution in [0.15, 0.2) is 47.5 Å². The number of ether oxygens (including phenoxy) is 1. The smallest absolute Gasteiger partial charge is 0.337 e. The van der Waals surface area contributed by atoms with Gasteiger partial charge in [0.05, 0.1) is 19.2 Å². The highest BCUT2D eigenvalue weighted by Crippen LogP contribution is 2.22. The molecule has 2 rings (SSSR count). The molecule has 0 bridgehead atoms. The van der Waals surface area contributed by atoms with Crippen molar-refractivity contribution < 1.29 is 9.53 Å². The second kappa shape index (κ2) is 10.8. The molecule has 6 heteroatoms. The Bertz CT molecular complexity index is 753. The second-order valence-corrected chi connectivity index (χ2v) is 5.68. The van der Waals surface area contributed by atoms with Gasteiger partial charge < -0.3 is 15.8 Å². The summed E-state index contributed by atoms with van der Waals surface area (Å²) in [6.07, 6.45) is 1.84. The predicted molar refractivity (Wildman–Crippen MR) is 117 cm³/mol. The molecule has 0 radical (unpaired) electrons. The van der Waals surface area contributed by atoms with E-state index < -0.39 is 0 Å². The van der Waals surface area contributed by atoms with E-state index in [0.717, 1.165) is 24.1 Å². The van der Waals surface area contributed by atoms with E-state index in [9.17, 15) is 4.79 Å². The molecule has 0 aliphatic rings. The van der Waals surface area contributed by atoms with Crippen LogP contribution in [0.5, 0.6) is 0 Å². The highest BCUT2D eigenvalue weighted by molar-refractivity contribution is 14.0. The Morgan fingerprint density at radius 3 is 2.31 bits per heavy atom. The molecule has 0 atom stereocenters. The van der Waals surface area contributed by atoms with Gasteiger partial charge >= 0.3 is 5.97 Å². The summed E-state index contributed by atoms with van der Waals surface area (Å²) in [6, 6.07) is 13.4. The Morgan fingerprint density at radius 2 is 1.73 bits per heavy atom. The first kappa shape index (κ1) is 22.0. The molecule has 0 unspecified atom stereocenters. The van der Waals surface area contributed by atoms with Crippen molar-refractivity contribution in [2.24, 2.45) is 10.7 Å². The van der Waals surface area contributed by atoms with Gasteiger partial charge in [-0.05, 0) is 41.7 Å². The fourth-order valence-corrected chi connectivity index (χ4v) is 2.66. The number of anilines is 1. The van der Waals surface area contributed by atoms with Gasteiger partial charge in [-0.15, -0.1) is 24.0 Å². The Labute approximate surface area is 172 Å². The minimum Gasteiger partial charge on any atom is -0.465 e. The van der Waals surface area contributed by atoms with Crippen LogP contribution >= 0.6 is 24.0 Å². The molecule has 0 spiro atoms. The van der Waals surface area contributed by atoms with Gasteiger partial charge in [0.2, 0.25) is 0 Å². The number of para-hydroxylation sites is 1. The summed E-state index contributed by atoms with van der Waals surface area (Å²) in [7, 11) is 1.37. The molecule has 0 saturated carbocycles. The highest BCUT2D eigenvalue weighted by atomic mass is 127. The lowest BCUT2D eigenvalue weighted by Crippen LogP contribution is -2.24. The molecule has 140 valence electrons. The number of guanidine groups is 1. The molecule has 0 aliphatic heterocycles. The number of aryl methyl sites for hydroxylation is 2. The number of hydrogen-bond acceptors (Lipinski definition) is 3. The number of esters is 1. The molecule has 0 amide bonds. The summed E-state index contributed by atoms with van der Waals surface area (Å²) in [5, 5.41) is 3.24. The lowest BCUT2D eigenvalue weighted by atomic mass is 10.0. The fourth-order valence-electron chi connectivity index (χ4n) is 2.66. The molecular formula is C20H26IN3O2. The molecule has 0 aromatic heterocycles. The number of nitrogens with zero attached hydrogens (tertiary/aromatic N) is 1. The van der Waals surface area contributed by atoms with Crippen LogP contribution in [-0.2, 0) is 24.1 Å². The molecule has 0 heterocycles. The van der Waals surface area contributed by atoms with Crippen molar-refractivity contribution in [2.45, 2.75) is 33.2 Å². The number of carbonyl (C=O) groups excluding carboxylic acids is 1. The van der Waals surface area contributed by atoms with Crippen molar-refractivity contribution >= 4 is 41.6 Å². The average Bonchev–Trinajstić information content (AvgIpc) is 2.66. The van der Waals surface area contributed by atoms with Crippen molar-refractivity contribution in [3.63, 3.8) is 0 Å². The lowest BCUT2D eigenvalue weighted by Gasteiger charge is -2.14. The Kier molecular flexibility index (Phi) is 9.12. The number of aliphatic imine (C=N–C) groups is 1. The third kappa shape index (κ3) is 5.72. The third-order valence-electron chi connectivity index (χ3n) is 4.03. The molecular weight excluding hydrogens is 441 g/mol. The van der Waals surface area contributed by atoms with Crippen molar-refractivity contribution in [3.05, 3.63) is 64.7 Å². The molecule has 0 aliphatic carbocycles. The molecule has 2 aromatic rings. The number of carbonyl (C=O) groups is 1. The topological polar surface area (TPSA) is 76.7 Å². The van der Waals surface area contributed by atoms with E-state index in [4.69, 9.17) is 10.5 Å². The second-order valence-electron chi connectivity index (χ2n) is 5.68. The van der Waals surface area contributed by atoms with Crippen LogP contribution in [0, 0.1) is 0 Å². The van der Waals surface area contributed by atoms with Gasteiger partial charge in [-0.25, -0.2) is 9.79 Å². The minimum atomic E-state index is -0.360. The van der Waals surface area contributed by atoms with Crippen LogP contribution in [0.4, 0.5) is 5.69 Å². The number of benzene rings is 2. The first-order chi connectivity index (χ1) is 12.1. The standard InChI is InChI=1S/C20H25N3O2.HI/c1-4-15-9-7-10-16(5-2)18(15)23-20(21)22-13-14-8-6-11-17(12-14)19(24)25-3;/h6-12H,4-5,13H2,1-3H3,(H3,21,22,23);1H. The van der Waals surface area contributed by atoms with E-state index in [1.807, 2.05) is 12.1 Å². The van der Waals surface area contributed by atoms with Gasteiger partial charge in [-0.2, -0.15) is 0 Å². The van der Waals surface area contributed by atoms with Crippen molar-refractivity contribution in [1.29, 1.82) is 0 Å². The van der Waals surface area contributed by atoms with Gasteiger partial charge in [-0.1, -0.05) is 44.2 Å². The first-order valence-corrected chi connectivity index (χ1v) is 8.44. The van der Waals surface area contributed by atoms with Crippen LogP contribution < -0.4 is 11.1 Å². The normalized spacial score (nSPS) is 10.8. The Balaban J connectivity index is 0.00000338. The summed E-state index contributed by atoms with van der Waals surface area (Å²) >= 11 is 0. The Hall–Kier alpha value is -2.09. The zero-order valence-corrected chi connectivity index (χ0v) is 17.7. The Morgan fingerprint density at radius 1 is 1.12 bits per heavy atom. The summed E-state index contributed by atoms with van der Waals surface area (Å²) in [5.74, 6) is 0.000424. The van der Waals surface area contributed by atoms with Crippen LogP contribution in [0.2, 0.25) is 0 Å². The summed E-state index contributed by atoms with van der Waals surface area (Å²) < 4.78 is 4.74. The number of rotatable bonds is 6. The predicted octanol–water partition coefficient (Wildman–Crippen LogP) is 4.14. The maximum absolute atomic E-state index is 11.6. The molecule has 3 N–H and O–H groups in total. The molecule has 0 saturated heterocycles. The van der Waals surface area contributed by atoms with Gasteiger partial charge in [0.1, 0.15) is 0 Å². The van der Waals surface area contributed by atoms with Crippen LogP contribution in [0.1, 0.15) is 40.9 Å². The summed E-state index contributed by atoms with van der Waals surface area (Å²) in [5.41, 5.74) is 10.9. The van der Waals surface area contributed by atoms with E-state index >= 15 is 0 Å². The van der Waals surface area contributed by atoms with Crippen LogP contribution in [0.25, 0.3) is 0 Å². The first-order valence-electron chi connectivity index (χ1n) is 8.44. The molecule has 2 aromatic carbocycles. The number of nitrogens with two attached hydrogens (primary N) is 1. The van der Waals surface area contributed by atoms with Gasteiger partial charge in [0.15, 0.2) is 5.96 Å². The quantitative estimate of drug-likeness (QED) is 0.290. The van der Waals surface area contributed by atoms with Crippen molar-refractivity contribution in [3.8, 4) is 0 Å².